The second-order valence-electron chi connectivity index (χ2n) is 4.57. The zero-order chi connectivity index (χ0) is 14.9. The first kappa shape index (κ1) is 14.8. The number of carbonyl (C=O) groups is 1. The number of hydrogen-bond donors (Lipinski definition) is 1. The minimum atomic E-state index is -0.449. The number of alkyl carbamates (subject to hydrolysis) is 1. The van der Waals surface area contributed by atoms with Crippen LogP contribution in [-0.2, 0) is 11.3 Å². The molecule has 0 saturated heterocycles. The van der Waals surface area contributed by atoms with Gasteiger partial charge in [0.15, 0.2) is 0 Å². The van der Waals surface area contributed by atoms with Crippen molar-refractivity contribution in [2.24, 2.45) is 0 Å². The molecule has 0 saturated carbocycles. The molecule has 2 rings (SSSR count). The lowest BCUT2D eigenvalue weighted by molar-refractivity contribution is 0.135. The molecule has 1 atom stereocenters. The van der Waals surface area contributed by atoms with E-state index in [0.29, 0.717) is 6.42 Å². The number of rotatable bonds is 6. The molecule has 2 aromatic rings. The van der Waals surface area contributed by atoms with Crippen molar-refractivity contribution in [2.45, 2.75) is 19.1 Å². The van der Waals surface area contributed by atoms with E-state index in [-0.39, 0.29) is 12.6 Å². The Labute approximate surface area is 124 Å². The third-order valence-electron chi connectivity index (χ3n) is 2.99. The van der Waals surface area contributed by atoms with Crippen LogP contribution in [0.2, 0.25) is 0 Å². The van der Waals surface area contributed by atoms with Crippen molar-refractivity contribution in [1.29, 1.82) is 0 Å². The van der Waals surface area contributed by atoms with Crippen molar-refractivity contribution in [3.63, 3.8) is 0 Å². The average Bonchev–Trinajstić information content (AvgIpc) is 2.54. The van der Waals surface area contributed by atoms with Gasteiger partial charge in [0.25, 0.3) is 0 Å². The van der Waals surface area contributed by atoms with Gasteiger partial charge in [-0.15, -0.1) is 6.58 Å². The van der Waals surface area contributed by atoms with Crippen LogP contribution in [0, 0.1) is 0 Å². The molecule has 0 aliphatic heterocycles. The van der Waals surface area contributed by atoms with Gasteiger partial charge in [-0.05, 0) is 23.6 Å². The van der Waals surface area contributed by atoms with Gasteiger partial charge in [-0.2, -0.15) is 0 Å². The van der Waals surface area contributed by atoms with E-state index >= 15 is 0 Å². The summed E-state index contributed by atoms with van der Waals surface area (Å²) in [5.41, 5.74) is 1.88. The third kappa shape index (κ3) is 4.76. The number of nitrogens with one attached hydrogen (secondary N) is 1. The molecule has 1 heterocycles. The van der Waals surface area contributed by atoms with Gasteiger partial charge >= 0.3 is 6.09 Å². The summed E-state index contributed by atoms with van der Waals surface area (Å²) in [4.78, 5) is 15.9. The number of pyridine rings is 1. The molecule has 1 N–H and O–H groups in total. The van der Waals surface area contributed by atoms with Crippen LogP contribution in [0.3, 0.4) is 0 Å². The predicted molar refractivity (Wildman–Crippen MR) is 81.6 cm³/mol. The molecule has 0 aliphatic carbocycles. The van der Waals surface area contributed by atoms with Crippen molar-refractivity contribution in [1.82, 2.24) is 10.3 Å². The zero-order valence-electron chi connectivity index (χ0n) is 11.7. The van der Waals surface area contributed by atoms with Crippen LogP contribution in [0.15, 0.2) is 67.5 Å². The maximum absolute atomic E-state index is 11.9. The maximum Gasteiger partial charge on any atom is 0.407 e. The summed E-state index contributed by atoms with van der Waals surface area (Å²) in [5.74, 6) is 0. The van der Waals surface area contributed by atoms with Crippen molar-refractivity contribution in [3.8, 4) is 0 Å². The fraction of sp³-hybridized carbons (Fsp3) is 0.176. The van der Waals surface area contributed by atoms with Gasteiger partial charge in [0, 0.05) is 12.4 Å². The fourth-order valence-electron chi connectivity index (χ4n) is 1.93. The zero-order valence-corrected chi connectivity index (χ0v) is 11.7. The Morgan fingerprint density at radius 1 is 1.29 bits per heavy atom. The largest absolute Gasteiger partial charge is 0.445 e. The molecule has 0 radical (unpaired) electrons. The molecule has 0 bridgehead atoms. The molecule has 1 amide bonds. The van der Waals surface area contributed by atoms with Crippen LogP contribution in [0.1, 0.15) is 23.6 Å². The number of amides is 1. The van der Waals surface area contributed by atoms with Crippen LogP contribution in [0.25, 0.3) is 0 Å². The Balaban J connectivity index is 1.91. The summed E-state index contributed by atoms with van der Waals surface area (Å²) in [6.07, 6.45) is 5.35. The second kappa shape index (κ2) is 7.85. The molecule has 4 nitrogen and oxygen atoms in total. The summed E-state index contributed by atoms with van der Waals surface area (Å²) in [6, 6.07) is 13.1. The molecule has 0 spiro atoms. The van der Waals surface area contributed by atoms with Crippen LogP contribution >= 0.6 is 0 Å². The predicted octanol–water partition coefficient (Wildman–Crippen LogP) is 3.63. The lowest BCUT2D eigenvalue weighted by Gasteiger charge is -2.17. The van der Waals surface area contributed by atoms with E-state index in [9.17, 15) is 4.79 Å². The molecule has 0 fully saturated rings. The van der Waals surface area contributed by atoms with Crippen LogP contribution in [0.4, 0.5) is 4.79 Å². The summed E-state index contributed by atoms with van der Waals surface area (Å²) in [5, 5.41) is 2.83. The fourth-order valence-corrected chi connectivity index (χ4v) is 1.93. The lowest BCUT2D eigenvalue weighted by Crippen LogP contribution is -2.28. The molecule has 1 aromatic carbocycles. The first-order chi connectivity index (χ1) is 10.3. The van der Waals surface area contributed by atoms with Gasteiger partial charge in [0.2, 0.25) is 0 Å². The highest BCUT2D eigenvalue weighted by Crippen LogP contribution is 2.16. The van der Waals surface area contributed by atoms with Crippen molar-refractivity contribution >= 4 is 6.09 Å². The molecule has 1 aromatic heterocycles. The van der Waals surface area contributed by atoms with Gasteiger partial charge in [0.1, 0.15) is 6.61 Å². The van der Waals surface area contributed by atoms with Crippen LogP contribution < -0.4 is 5.32 Å². The Morgan fingerprint density at radius 2 is 2.10 bits per heavy atom. The summed E-state index contributed by atoms with van der Waals surface area (Å²) in [7, 11) is 0. The SMILES string of the molecule is C=CC[C@@H](NC(=O)OCc1ccccc1)c1cccnc1. The molecule has 0 aliphatic rings. The van der Waals surface area contributed by atoms with Crippen LogP contribution in [0.5, 0.6) is 0 Å². The number of aromatic nitrogens is 1. The van der Waals surface area contributed by atoms with E-state index in [4.69, 9.17) is 4.74 Å². The number of hydrogen-bond acceptors (Lipinski definition) is 3. The maximum atomic E-state index is 11.9. The molecular formula is C17H18N2O2. The second-order valence-corrected chi connectivity index (χ2v) is 4.57. The van der Waals surface area contributed by atoms with E-state index in [1.54, 1.807) is 18.5 Å². The minimum Gasteiger partial charge on any atom is -0.445 e. The molecule has 108 valence electrons. The standard InChI is InChI=1S/C17H18N2O2/c1-2-7-16(15-10-6-11-18-12-15)19-17(20)21-13-14-8-4-3-5-9-14/h2-6,8-12,16H,1,7,13H2,(H,19,20)/t16-/m1/s1. The van der Waals surface area contributed by atoms with E-state index in [1.807, 2.05) is 42.5 Å². The summed E-state index contributed by atoms with van der Waals surface area (Å²) >= 11 is 0. The number of ether oxygens (including phenoxy) is 1. The highest BCUT2D eigenvalue weighted by Gasteiger charge is 2.14. The van der Waals surface area contributed by atoms with Gasteiger partial charge in [-0.1, -0.05) is 42.5 Å². The van der Waals surface area contributed by atoms with E-state index in [2.05, 4.69) is 16.9 Å². The first-order valence-corrected chi connectivity index (χ1v) is 6.77. The third-order valence-corrected chi connectivity index (χ3v) is 2.99. The van der Waals surface area contributed by atoms with Crippen molar-refractivity contribution < 1.29 is 9.53 Å². The summed E-state index contributed by atoms with van der Waals surface area (Å²) < 4.78 is 5.22. The first-order valence-electron chi connectivity index (χ1n) is 6.77. The van der Waals surface area contributed by atoms with Gasteiger partial charge < -0.3 is 10.1 Å². The minimum absolute atomic E-state index is 0.181. The number of carbonyl (C=O) groups excluding carboxylic acids is 1. The summed E-state index contributed by atoms with van der Waals surface area (Å²) in [6.45, 7) is 3.96. The lowest BCUT2D eigenvalue weighted by atomic mass is 10.1. The highest BCUT2D eigenvalue weighted by atomic mass is 16.5. The van der Waals surface area contributed by atoms with E-state index < -0.39 is 6.09 Å². The van der Waals surface area contributed by atoms with E-state index in [0.717, 1.165) is 11.1 Å². The smallest absolute Gasteiger partial charge is 0.407 e. The highest BCUT2D eigenvalue weighted by molar-refractivity contribution is 5.68. The van der Waals surface area contributed by atoms with Gasteiger partial charge in [0.05, 0.1) is 6.04 Å². The van der Waals surface area contributed by atoms with E-state index in [1.165, 1.54) is 0 Å². The Bertz CT molecular complexity index is 570. The number of benzene rings is 1. The monoisotopic (exact) mass is 282 g/mol. The average molecular weight is 282 g/mol. The molecular weight excluding hydrogens is 264 g/mol. The molecule has 21 heavy (non-hydrogen) atoms. The molecule has 0 unspecified atom stereocenters. The topological polar surface area (TPSA) is 51.2 Å². The Hall–Kier alpha value is -2.62. The van der Waals surface area contributed by atoms with Gasteiger partial charge in [-0.25, -0.2) is 4.79 Å². The van der Waals surface area contributed by atoms with Gasteiger partial charge in [-0.3, -0.25) is 4.98 Å². The molecule has 4 heteroatoms. The van der Waals surface area contributed by atoms with Crippen LogP contribution in [-0.4, -0.2) is 11.1 Å². The Kier molecular flexibility index (Phi) is 5.52. The number of nitrogens with zero attached hydrogens (tertiary/aromatic N) is 1. The normalized spacial score (nSPS) is 11.4. The quantitative estimate of drug-likeness (QED) is 0.823. The Morgan fingerprint density at radius 3 is 2.76 bits per heavy atom. The van der Waals surface area contributed by atoms with Crippen molar-refractivity contribution in [3.05, 3.63) is 78.6 Å². The van der Waals surface area contributed by atoms with Crippen molar-refractivity contribution in [2.75, 3.05) is 0 Å².